The van der Waals surface area contributed by atoms with Crippen molar-refractivity contribution in [2.45, 2.75) is 103 Å². The topological polar surface area (TPSA) is 89.2 Å². The Bertz CT molecular complexity index is 471. The van der Waals surface area contributed by atoms with Crippen LogP contribution in [0.25, 0.3) is 0 Å². The van der Waals surface area contributed by atoms with E-state index in [1.165, 1.54) is 0 Å². The molecule has 0 fully saturated rings. The fourth-order valence-corrected chi connectivity index (χ4v) is 2.74. The molecule has 0 amide bonds. The average molecular weight is 434 g/mol. The van der Waals surface area contributed by atoms with Crippen LogP contribution in [0.1, 0.15) is 80.6 Å². The maximum Gasteiger partial charge on any atom is 0.338 e. The van der Waals surface area contributed by atoms with Crippen molar-refractivity contribution in [3.8, 4) is 0 Å². The number of hydrogen-bond acceptors (Lipinski definition) is 7. The van der Waals surface area contributed by atoms with Crippen LogP contribution in [0.5, 0.6) is 0 Å². The lowest BCUT2D eigenvalue weighted by atomic mass is 9.97. The van der Waals surface area contributed by atoms with Gasteiger partial charge in [-0.05, 0) is 59.8 Å². The van der Waals surface area contributed by atoms with Crippen LogP contribution >= 0.6 is 0 Å². The van der Waals surface area contributed by atoms with E-state index in [2.05, 4.69) is 27.7 Å². The quantitative estimate of drug-likeness (QED) is 0.328. The number of esters is 1. The van der Waals surface area contributed by atoms with Crippen molar-refractivity contribution in [2.75, 3.05) is 40.1 Å². The van der Waals surface area contributed by atoms with Crippen molar-refractivity contribution in [1.29, 1.82) is 0 Å². The standard InChI is InChI=1S/C23H47NO6/c1-9-21(5,26-8)13-15-29-22(6,10-2)14-16-30-23(7,11-3)20(25)28-18-19(24)17-27-12-4/h19H,9-18,24H2,1-8H3. The van der Waals surface area contributed by atoms with Crippen LogP contribution < -0.4 is 5.73 Å². The van der Waals surface area contributed by atoms with E-state index in [0.29, 0.717) is 39.3 Å². The second kappa shape index (κ2) is 14.4. The average Bonchev–Trinajstić information content (AvgIpc) is 2.75. The molecular weight excluding hydrogens is 386 g/mol. The Morgan fingerprint density at radius 2 is 1.43 bits per heavy atom. The Kier molecular flexibility index (Phi) is 14.0. The van der Waals surface area contributed by atoms with Gasteiger partial charge in [0.2, 0.25) is 0 Å². The van der Waals surface area contributed by atoms with E-state index in [1.54, 1.807) is 14.0 Å². The molecular formula is C23H47NO6. The lowest BCUT2D eigenvalue weighted by Crippen LogP contribution is -2.43. The Balaban J connectivity index is 4.58. The normalized spacial score (nSPS) is 18.8. The molecule has 2 N–H and O–H groups in total. The molecule has 180 valence electrons. The van der Waals surface area contributed by atoms with Gasteiger partial charge in [-0.2, -0.15) is 0 Å². The highest BCUT2D eigenvalue weighted by Crippen LogP contribution is 2.26. The summed E-state index contributed by atoms with van der Waals surface area (Å²) >= 11 is 0. The van der Waals surface area contributed by atoms with Gasteiger partial charge in [0.15, 0.2) is 5.60 Å². The van der Waals surface area contributed by atoms with E-state index >= 15 is 0 Å². The summed E-state index contributed by atoms with van der Waals surface area (Å²) in [6, 6.07) is -0.340. The maximum absolute atomic E-state index is 12.6. The summed E-state index contributed by atoms with van der Waals surface area (Å²) < 4.78 is 28.4. The van der Waals surface area contributed by atoms with E-state index in [1.807, 2.05) is 13.8 Å². The number of carbonyl (C=O) groups excluding carboxylic acids is 1. The zero-order chi connectivity index (χ0) is 23.3. The minimum atomic E-state index is -1.00. The Morgan fingerprint density at radius 3 is 1.93 bits per heavy atom. The van der Waals surface area contributed by atoms with Gasteiger partial charge in [0, 0.05) is 13.7 Å². The fourth-order valence-electron chi connectivity index (χ4n) is 2.74. The van der Waals surface area contributed by atoms with Crippen molar-refractivity contribution in [3.63, 3.8) is 0 Å². The highest BCUT2D eigenvalue weighted by molar-refractivity contribution is 5.79. The van der Waals surface area contributed by atoms with Gasteiger partial charge in [-0.3, -0.25) is 0 Å². The molecule has 7 heteroatoms. The number of methoxy groups -OCH3 is 1. The molecule has 30 heavy (non-hydrogen) atoms. The van der Waals surface area contributed by atoms with E-state index in [0.717, 1.165) is 19.3 Å². The first-order valence-corrected chi connectivity index (χ1v) is 11.4. The first kappa shape index (κ1) is 29.3. The van der Waals surface area contributed by atoms with Gasteiger partial charge < -0.3 is 29.4 Å². The van der Waals surface area contributed by atoms with Crippen LogP contribution in [-0.2, 0) is 28.5 Å². The molecule has 0 aliphatic heterocycles. The predicted octanol–water partition coefficient (Wildman–Crippen LogP) is 3.86. The van der Waals surface area contributed by atoms with E-state index in [9.17, 15) is 4.79 Å². The zero-order valence-electron chi connectivity index (χ0n) is 20.7. The molecule has 0 rings (SSSR count). The maximum atomic E-state index is 12.6. The van der Waals surface area contributed by atoms with Crippen molar-refractivity contribution in [3.05, 3.63) is 0 Å². The molecule has 4 atom stereocenters. The van der Waals surface area contributed by atoms with Gasteiger partial charge in [0.1, 0.15) is 6.61 Å². The molecule has 0 spiro atoms. The molecule has 0 aliphatic carbocycles. The van der Waals surface area contributed by atoms with Gasteiger partial charge in [-0.15, -0.1) is 0 Å². The molecule has 0 radical (unpaired) electrons. The van der Waals surface area contributed by atoms with Gasteiger partial charge in [0.25, 0.3) is 0 Å². The summed E-state index contributed by atoms with van der Waals surface area (Å²) in [5.74, 6) is -0.394. The van der Waals surface area contributed by atoms with Crippen LogP contribution in [0.4, 0.5) is 0 Å². The smallest absolute Gasteiger partial charge is 0.338 e. The summed E-state index contributed by atoms with van der Waals surface area (Å²) in [7, 11) is 1.74. The summed E-state index contributed by atoms with van der Waals surface area (Å²) in [4.78, 5) is 12.6. The molecule has 0 heterocycles. The lowest BCUT2D eigenvalue weighted by Gasteiger charge is -2.33. The van der Waals surface area contributed by atoms with Gasteiger partial charge >= 0.3 is 5.97 Å². The molecule has 0 saturated heterocycles. The van der Waals surface area contributed by atoms with Crippen molar-refractivity contribution >= 4 is 5.97 Å². The summed E-state index contributed by atoms with van der Waals surface area (Å²) in [5.41, 5.74) is 4.41. The monoisotopic (exact) mass is 433 g/mol. The van der Waals surface area contributed by atoms with Gasteiger partial charge in [-0.25, -0.2) is 4.79 Å². The molecule has 0 aromatic rings. The SMILES string of the molecule is CCOCC(N)COC(=O)C(C)(CC)OCCC(C)(CC)OCCC(C)(CC)OC. The molecule has 0 aromatic heterocycles. The highest BCUT2D eigenvalue weighted by atomic mass is 16.6. The van der Waals surface area contributed by atoms with Gasteiger partial charge in [0.05, 0.1) is 37.1 Å². The fraction of sp³-hybridized carbons (Fsp3) is 0.957. The van der Waals surface area contributed by atoms with Crippen molar-refractivity contribution in [1.82, 2.24) is 0 Å². The van der Waals surface area contributed by atoms with Gasteiger partial charge in [-0.1, -0.05) is 20.8 Å². The van der Waals surface area contributed by atoms with Crippen molar-refractivity contribution in [2.24, 2.45) is 5.73 Å². The van der Waals surface area contributed by atoms with E-state index in [4.69, 9.17) is 29.4 Å². The molecule has 0 aliphatic rings. The number of ether oxygens (including phenoxy) is 5. The zero-order valence-corrected chi connectivity index (χ0v) is 20.7. The third kappa shape index (κ3) is 10.5. The number of hydrogen-bond donors (Lipinski definition) is 1. The second-order valence-corrected chi connectivity index (χ2v) is 8.61. The largest absolute Gasteiger partial charge is 0.462 e. The Morgan fingerprint density at radius 1 is 0.867 bits per heavy atom. The van der Waals surface area contributed by atoms with E-state index < -0.39 is 11.6 Å². The van der Waals surface area contributed by atoms with Crippen LogP contribution in [0, 0.1) is 0 Å². The molecule has 0 saturated carbocycles. The summed E-state index contributed by atoms with van der Waals surface area (Å²) in [6.45, 7) is 16.1. The minimum Gasteiger partial charge on any atom is -0.462 e. The second-order valence-electron chi connectivity index (χ2n) is 8.61. The number of nitrogens with two attached hydrogens (primary N) is 1. The molecule has 0 bridgehead atoms. The predicted molar refractivity (Wildman–Crippen MR) is 120 cm³/mol. The van der Waals surface area contributed by atoms with Crippen LogP contribution in [0.2, 0.25) is 0 Å². The Hall–Kier alpha value is -0.730. The number of rotatable bonds is 18. The first-order valence-electron chi connectivity index (χ1n) is 11.4. The highest BCUT2D eigenvalue weighted by Gasteiger charge is 2.35. The third-order valence-electron chi connectivity index (χ3n) is 6.19. The Labute approximate surface area is 184 Å². The summed E-state index contributed by atoms with van der Waals surface area (Å²) in [6.07, 6.45) is 3.82. The molecule has 7 nitrogen and oxygen atoms in total. The van der Waals surface area contributed by atoms with Crippen LogP contribution in [0.3, 0.4) is 0 Å². The van der Waals surface area contributed by atoms with Crippen LogP contribution in [-0.4, -0.2) is 69.0 Å². The lowest BCUT2D eigenvalue weighted by molar-refractivity contribution is -0.174. The number of carbonyl (C=O) groups is 1. The molecule has 0 aromatic carbocycles. The first-order chi connectivity index (χ1) is 14.0. The van der Waals surface area contributed by atoms with Crippen molar-refractivity contribution < 1.29 is 28.5 Å². The van der Waals surface area contributed by atoms with E-state index in [-0.39, 0.29) is 23.9 Å². The molecule has 4 unspecified atom stereocenters. The summed E-state index contributed by atoms with van der Waals surface area (Å²) in [5, 5.41) is 0. The minimum absolute atomic E-state index is 0.114. The van der Waals surface area contributed by atoms with Crippen LogP contribution in [0.15, 0.2) is 0 Å². The third-order valence-corrected chi connectivity index (χ3v) is 6.19.